The van der Waals surface area contributed by atoms with Crippen LogP contribution < -0.4 is 0 Å². The molecule has 0 aliphatic carbocycles. The van der Waals surface area contributed by atoms with Crippen LogP contribution in [0.1, 0.15) is 0 Å². The fourth-order valence-corrected chi connectivity index (χ4v) is 0.0393. The Labute approximate surface area is 30.7 Å². The van der Waals surface area contributed by atoms with Gasteiger partial charge in [-0.1, -0.05) is 0 Å². The summed E-state index contributed by atoms with van der Waals surface area (Å²) in [6.07, 6.45) is 0. The summed E-state index contributed by atoms with van der Waals surface area (Å²) in [5, 5.41) is 0. The zero-order valence-corrected chi connectivity index (χ0v) is 2.68. The Morgan fingerprint density at radius 1 is 2.00 bits per heavy atom. The SMILES string of the molecule is [CH]COC=O. The maximum absolute atomic E-state index is 9.10. The van der Waals surface area contributed by atoms with E-state index in [-0.39, 0.29) is 6.61 Å². The van der Waals surface area contributed by atoms with Crippen molar-refractivity contribution in [3.63, 3.8) is 0 Å². The molecule has 0 fully saturated rings. The Balaban J connectivity index is 2.40. The van der Waals surface area contributed by atoms with Gasteiger partial charge in [-0.3, -0.25) is 4.79 Å². The van der Waals surface area contributed by atoms with Gasteiger partial charge in [0.25, 0.3) is 6.47 Å². The van der Waals surface area contributed by atoms with Crippen molar-refractivity contribution in [2.45, 2.75) is 0 Å². The van der Waals surface area contributed by atoms with Gasteiger partial charge < -0.3 is 4.74 Å². The second-order valence-electron chi connectivity index (χ2n) is 0.430. The summed E-state index contributed by atoms with van der Waals surface area (Å²) in [7, 11) is 0. The molecule has 0 spiro atoms. The second kappa shape index (κ2) is 3.47. The minimum atomic E-state index is -0.0243. The van der Waals surface area contributed by atoms with Crippen LogP contribution in [0.25, 0.3) is 0 Å². The van der Waals surface area contributed by atoms with Crippen LogP contribution in [0, 0.1) is 6.92 Å². The van der Waals surface area contributed by atoms with Gasteiger partial charge in [0.15, 0.2) is 0 Å². The smallest absolute Gasteiger partial charge is 0.293 e. The molecule has 2 heteroatoms. The molecule has 0 unspecified atom stereocenters. The molecular formula is C3H4O2. The Bertz CT molecular complexity index is 26.1. The number of rotatable bonds is 2. The lowest BCUT2D eigenvalue weighted by molar-refractivity contribution is -0.127. The Kier molecular flexibility index (Phi) is 3.10. The van der Waals surface area contributed by atoms with Crippen molar-refractivity contribution < 1.29 is 9.53 Å². The molecule has 0 aliphatic rings. The van der Waals surface area contributed by atoms with E-state index in [1.165, 1.54) is 0 Å². The highest BCUT2D eigenvalue weighted by Gasteiger charge is 1.61. The van der Waals surface area contributed by atoms with E-state index in [1.54, 1.807) is 0 Å². The van der Waals surface area contributed by atoms with Crippen LogP contribution in [-0.2, 0) is 9.53 Å². The quantitative estimate of drug-likeness (QED) is 0.425. The summed E-state index contributed by atoms with van der Waals surface area (Å²) in [6, 6.07) is 0. The lowest BCUT2D eigenvalue weighted by atomic mass is 10.9. The summed E-state index contributed by atoms with van der Waals surface area (Å²) in [5.74, 6) is 0. The van der Waals surface area contributed by atoms with Gasteiger partial charge >= 0.3 is 0 Å². The van der Waals surface area contributed by atoms with Crippen molar-refractivity contribution in [2.75, 3.05) is 6.61 Å². The summed E-state index contributed by atoms with van der Waals surface area (Å²) < 4.78 is 3.93. The van der Waals surface area contributed by atoms with Crippen LogP contribution in [0.3, 0.4) is 0 Å². The number of hydrogen-bond acceptors (Lipinski definition) is 2. The maximum atomic E-state index is 9.10. The fourth-order valence-electron chi connectivity index (χ4n) is 0.0393. The van der Waals surface area contributed by atoms with Gasteiger partial charge in [0.1, 0.15) is 0 Å². The normalized spacial score (nSPS) is 6.60. The molecule has 5 heavy (non-hydrogen) atoms. The average molecular weight is 72.1 g/mol. The first kappa shape index (κ1) is 4.47. The lowest BCUT2D eigenvalue weighted by Crippen LogP contribution is -1.81. The fraction of sp³-hybridized carbons (Fsp3) is 0.333. The van der Waals surface area contributed by atoms with Crippen LogP contribution in [-0.4, -0.2) is 13.1 Å². The van der Waals surface area contributed by atoms with Crippen LogP contribution in [0.15, 0.2) is 0 Å². The topological polar surface area (TPSA) is 26.3 Å². The molecule has 0 saturated carbocycles. The Morgan fingerprint density at radius 3 is 2.60 bits per heavy atom. The van der Waals surface area contributed by atoms with E-state index >= 15 is 0 Å². The molecule has 0 saturated heterocycles. The van der Waals surface area contributed by atoms with E-state index in [9.17, 15) is 0 Å². The summed E-state index contributed by atoms with van der Waals surface area (Å²) in [5.41, 5.74) is 0. The molecule has 0 amide bonds. The van der Waals surface area contributed by atoms with E-state index in [0.29, 0.717) is 6.47 Å². The summed E-state index contributed by atoms with van der Waals surface area (Å²) in [4.78, 5) is 9.10. The lowest BCUT2D eigenvalue weighted by Gasteiger charge is -1.79. The van der Waals surface area contributed by atoms with Crippen molar-refractivity contribution >= 4 is 6.47 Å². The molecule has 0 aromatic heterocycles. The molecule has 0 aromatic rings. The first-order chi connectivity index (χ1) is 2.41. The van der Waals surface area contributed by atoms with Gasteiger partial charge in [-0.05, 0) is 0 Å². The van der Waals surface area contributed by atoms with Crippen LogP contribution >= 0.6 is 0 Å². The number of carbonyl (C=O) groups is 1. The van der Waals surface area contributed by atoms with Gasteiger partial charge in [-0.25, -0.2) is 0 Å². The molecule has 0 aromatic carbocycles. The number of carbonyl (C=O) groups excluding carboxylic acids is 1. The van der Waals surface area contributed by atoms with Gasteiger partial charge in [0.2, 0.25) is 0 Å². The number of hydrogen-bond donors (Lipinski definition) is 0. The highest BCUT2D eigenvalue weighted by atomic mass is 16.5. The van der Waals surface area contributed by atoms with Crippen LogP contribution in [0.5, 0.6) is 0 Å². The first-order valence-corrected chi connectivity index (χ1v) is 1.17. The largest absolute Gasteiger partial charge is 0.468 e. The molecular weight excluding hydrogens is 68.0 g/mol. The molecule has 0 rings (SSSR count). The van der Waals surface area contributed by atoms with Gasteiger partial charge in [-0.15, -0.1) is 0 Å². The highest BCUT2D eigenvalue weighted by Crippen LogP contribution is 1.54. The van der Waals surface area contributed by atoms with Gasteiger partial charge in [0, 0.05) is 6.92 Å². The zero-order valence-electron chi connectivity index (χ0n) is 2.68. The molecule has 0 atom stereocenters. The van der Waals surface area contributed by atoms with Crippen LogP contribution in [0.2, 0.25) is 0 Å². The van der Waals surface area contributed by atoms with Crippen molar-refractivity contribution in [1.29, 1.82) is 0 Å². The monoisotopic (exact) mass is 72.0 g/mol. The molecule has 0 N–H and O–H groups in total. The number of ether oxygens (including phenoxy) is 1. The van der Waals surface area contributed by atoms with E-state index in [0.717, 1.165) is 0 Å². The predicted octanol–water partition coefficient (Wildman–Crippen LogP) is -0.130. The third-order valence-corrected chi connectivity index (χ3v) is 0.164. The second-order valence-corrected chi connectivity index (χ2v) is 0.430. The highest BCUT2D eigenvalue weighted by molar-refractivity contribution is 5.36. The average Bonchev–Trinajstić information content (AvgIpc) is 1.41. The van der Waals surface area contributed by atoms with Crippen molar-refractivity contribution in [3.8, 4) is 0 Å². The van der Waals surface area contributed by atoms with Crippen molar-refractivity contribution in [3.05, 3.63) is 6.92 Å². The van der Waals surface area contributed by atoms with Crippen molar-refractivity contribution in [2.24, 2.45) is 0 Å². The Morgan fingerprint density at radius 2 is 2.60 bits per heavy atom. The van der Waals surface area contributed by atoms with Crippen molar-refractivity contribution in [1.82, 2.24) is 0 Å². The summed E-state index contributed by atoms with van der Waals surface area (Å²) in [6.45, 7) is 4.97. The Hall–Kier alpha value is -0.530. The summed E-state index contributed by atoms with van der Waals surface area (Å²) >= 11 is 0. The van der Waals surface area contributed by atoms with Crippen LogP contribution in [0.4, 0.5) is 0 Å². The predicted molar refractivity (Wildman–Crippen MR) is 16.3 cm³/mol. The minimum Gasteiger partial charge on any atom is -0.468 e. The molecule has 2 radical (unpaired) electrons. The first-order valence-electron chi connectivity index (χ1n) is 1.17. The minimum absolute atomic E-state index is 0.0243. The molecule has 28 valence electrons. The standard InChI is InChI=1S/C3H4O2/c1-2-5-3-4/h1,3H,2H2. The van der Waals surface area contributed by atoms with E-state index < -0.39 is 0 Å². The van der Waals surface area contributed by atoms with Gasteiger partial charge in [0.05, 0.1) is 6.61 Å². The third kappa shape index (κ3) is 3.47. The van der Waals surface area contributed by atoms with E-state index in [4.69, 9.17) is 4.79 Å². The molecule has 0 heterocycles. The van der Waals surface area contributed by atoms with E-state index in [1.807, 2.05) is 0 Å². The van der Waals surface area contributed by atoms with Gasteiger partial charge in [-0.2, -0.15) is 0 Å². The molecule has 0 bridgehead atoms. The molecule has 2 nitrogen and oxygen atoms in total. The zero-order chi connectivity index (χ0) is 4.12. The molecule has 0 aliphatic heterocycles. The third-order valence-electron chi connectivity index (χ3n) is 0.164. The van der Waals surface area contributed by atoms with E-state index in [2.05, 4.69) is 11.7 Å². The maximum Gasteiger partial charge on any atom is 0.293 e.